The molecule has 0 spiro atoms. The van der Waals surface area contributed by atoms with Gasteiger partial charge in [-0.05, 0) is 12.1 Å². The van der Waals surface area contributed by atoms with E-state index in [0.29, 0.717) is 26.1 Å². The highest BCUT2D eigenvalue weighted by Gasteiger charge is 2.00. The maximum Gasteiger partial charge on any atom is 0.221 e. The quantitative estimate of drug-likeness (QED) is 0.640. The third kappa shape index (κ3) is 5.51. The molecule has 0 aliphatic carbocycles. The summed E-state index contributed by atoms with van der Waals surface area (Å²) in [7, 11) is 3.63. The Balaban J connectivity index is 2.04. The van der Waals surface area contributed by atoms with Crippen LogP contribution in [0.4, 0.5) is 0 Å². The molecule has 2 N–H and O–H groups in total. The summed E-state index contributed by atoms with van der Waals surface area (Å²) in [6, 6.07) is 4.07. The van der Waals surface area contributed by atoms with E-state index in [9.17, 15) is 4.79 Å². The minimum atomic E-state index is 0.0569. The van der Waals surface area contributed by atoms with Crippen LogP contribution in [-0.2, 0) is 23.1 Å². The van der Waals surface area contributed by atoms with Crippen LogP contribution in [0, 0.1) is 0 Å². The number of aryl methyl sites for hydroxylation is 1. The van der Waals surface area contributed by atoms with Crippen molar-refractivity contribution in [3.05, 3.63) is 24.0 Å². The lowest BCUT2D eigenvalue weighted by Gasteiger charge is -2.07. The van der Waals surface area contributed by atoms with Gasteiger partial charge in [0, 0.05) is 52.1 Å². The second kappa shape index (κ2) is 7.86. The van der Waals surface area contributed by atoms with E-state index in [1.165, 1.54) is 5.69 Å². The fourth-order valence-corrected chi connectivity index (χ4v) is 1.48. The van der Waals surface area contributed by atoms with Gasteiger partial charge in [0.25, 0.3) is 0 Å². The van der Waals surface area contributed by atoms with Gasteiger partial charge in [-0.3, -0.25) is 4.79 Å². The predicted octanol–water partition coefficient (Wildman–Crippen LogP) is 0.267. The maximum absolute atomic E-state index is 11.3. The van der Waals surface area contributed by atoms with Gasteiger partial charge in [-0.2, -0.15) is 0 Å². The van der Waals surface area contributed by atoms with Crippen molar-refractivity contribution < 1.29 is 9.53 Å². The van der Waals surface area contributed by atoms with E-state index in [0.717, 1.165) is 6.54 Å². The van der Waals surface area contributed by atoms with Crippen molar-refractivity contribution in [2.75, 3.05) is 26.8 Å². The summed E-state index contributed by atoms with van der Waals surface area (Å²) in [5, 5.41) is 6.02. The first-order valence-electron chi connectivity index (χ1n) is 5.80. The average molecular weight is 239 g/mol. The summed E-state index contributed by atoms with van der Waals surface area (Å²) in [5.74, 6) is 0.0569. The minimum Gasteiger partial charge on any atom is -0.383 e. The van der Waals surface area contributed by atoms with Gasteiger partial charge in [0.2, 0.25) is 5.91 Å². The topological polar surface area (TPSA) is 55.3 Å². The third-order valence-corrected chi connectivity index (χ3v) is 2.51. The fraction of sp³-hybridized carbons (Fsp3) is 0.583. The van der Waals surface area contributed by atoms with Crippen molar-refractivity contribution in [2.45, 2.75) is 13.0 Å². The van der Waals surface area contributed by atoms with Gasteiger partial charge < -0.3 is 19.9 Å². The number of carbonyl (C=O) groups excluding carboxylic acids is 1. The molecule has 5 heteroatoms. The summed E-state index contributed by atoms with van der Waals surface area (Å²) in [5.41, 5.74) is 1.21. The molecule has 0 aromatic carbocycles. The standard InChI is InChI=1S/C12H21N3O2/c1-15-8-3-4-11(15)10-13-6-5-12(16)14-7-9-17-2/h3-4,8,13H,5-7,9-10H2,1-2H3,(H,14,16). The van der Waals surface area contributed by atoms with Gasteiger partial charge in [0.15, 0.2) is 0 Å². The Hall–Kier alpha value is -1.33. The van der Waals surface area contributed by atoms with Gasteiger partial charge >= 0.3 is 0 Å². The number of nitrogens with zero attached hydrogens (tertiary/aromatic N) is 1. The van der Waals surface area contributed by atoms with Crippen LogP contribution in [0.5, 0.6) is 0 Å². The Morgan fingerprint density at radius 1 is 1.47 bits per heavy atom. The molecule has 1 rings (SSSR count). The largest absolute Gasteiger partial charge is 0.383 e. The predicted molar refractivity (Wildman–Crippen MR) is 66.6 cm³/mol. The summed E-state index contributed by atoms with van der Waals surface area (Å²) < 4.78 is 6.91. The lowest BCUT2D eigenvalue weighted by molar-refractivity contribution is -0.121. The van der Waals surface area contributed by atoms with Crippen LogP contribution in [0.3, 0.4) is 0 Å². The number of methoxy groups -OCH3 is 1. The molecule has 5 nitrogen and oxygen atoms in total. The Morgan fingerprint density at radius 3 is 2.94 bits per heavy atom. The highest BCUT2D eigenvalue weighted by atomic mass is 16.5. The summed E-state index contributed by atoms with van der Waals surface area (Å²) in [6.07, 6.45) is 2.50. The van der Waals surface area contributed by atoms with Crippen LogP contribution in [0.15, 0.2) is 18.3 Å². The maximum atomic E-state index is 11.3. The van der Waals surface area contributed by atoms with E-state index < -0.39 is 0 Å². The van der Waals surface area contributed by atoms with E-state index in [-0.39, 0.29) is 5.91 Å². The number of ether oxygens (including phenoxy) is 1. The molecule has 1 aromatic rings. The van der Waals surface area contributed by atoms with Crippen LogP contribution in [0.25, 0.3) is 0 Å². The molecule has 0 radical (unpaired) electrons. The van der Waals surface area contributed by atoms with E-state index in [1.807, 2.05) is 19.3 Å². The first-order valence-corrected chi connectivity index (χ1v) is 5.80. The fourth-order valence-electron chi connectivity index (χ4n) is 1.48. The number of amides is 1. The first-order chi connectivity index (χ1) is 8.24. The Morgan fingerprint density at radius 2 is 2.29 bits per heavy atom. The molecule has 1 heterocycles. The second-order valence-corrected chi connectivity index (χ2v) is 3.88. The van der Waals surface area contributed by atoms with Crippen LogP contribution in [0.2, 0.25) is 0 Å². The molecule has 0 bridgehead atoms. The van der Waals surface area contributed by atoms with Crippen LogP contribution in [0.1, 0.15) is 12.1 Å². The molecule has 0 atom stereocenters. The van der Waals surface area contributed by atoms with E-state index in [2.05, 4.69) is 21.3 Å². The summed E-state index contributed by atoms with van der Waals surface area (Å²) in [6.45, 7) is 2.61. The van der Waals surface area contributed by atoms with Crippen LogP contribution in [-0.4, -0.2) is 37.3 Å². The van der Waals surface area contributed by atoms with Crippen LogP contribution < -0.4 is 10.6 Å². The minimum absolute atomic E-state index is 0.0569. The molecule has 96 valence electrons. The lowest BCUT2D eigenvalue weighted by atomic mass is 10.3. The molecule has 0 fully saturated rings. The SMILES string of the molecule is COCCNC(=O)CCNCc1cccn1C. The second-order valence-electron chi connectivity index (χ2n) is 3.88. The zero-order valence-corrected chi connectivity index (χ0v) is 10.5. The van der Waals surface area contributed by atoms with E-state index in [4.69, 9.17) is 4.74 Å². The molecule has 0 saturated carbocycles. The zero-order valence-electron chi connectivity index (χ0n) is 10.5. The van der Waals surface area contributed by atoms with Crippen molar-refractivity contribution in [1.29, 1.82) is 0 Å². The number of carbonyl (C=O) groups is 1. The van der Waals surface area contributed by atoms with Crippen molar-refractivity contribution >= 4 is 5.91 Å². The molecule has 17 heavy (non-hydrogen) atoms. The highest BCUT2D eigenvalue weighted by Crippen LogP contribution is 1.98. The molecule has 1 aromatic heterocycles. The normalized spacial score (nSPS) is 10.5. The monoisotopic (exact) mass is 239 g/mol. The smallest absolute Gasteiger partial charge is 0.221 e. The van der Waals surface area contributed by atoms with Gasteiger partial charge in [0.1, 0.15) is 0 Å². The van der Waals surface area contributed by atoms with Crippen molar-refractivity contribution in [2.24, 2.45) is 7.05 Å². The molecule has 1 amide bonds. The average Bonchev–Trinajstić information content (AvgIpc) is 2.71. The van der Waals surface area contributed by atoms with Crippen molar-refractivity contribution in [3.8, 4) is 0 Å². The third-order valence-electron chi connectivity index (χ3n) is 2.51. The Kier molecular flexibility index (Phi) is 6.35. The van der Waals surface area contributed by atoms with Gasteiger partial charge in [-0.15, -0.1) is 0 Å². The first kappa shape index (κ1) is 13.7. The van der Waals surface area contributed by atoms with Crippen molar-refractivity contribution in [1.82, 2.24) is 15.2 Å². The van der Waals surface area contributed by atoms with Gasteiger partial charge in [-0.25, -0.2) is 0 Å². The van der Waals surface area contributed by atoms with E-state index in [1.54, 1.807) is 7.11 Å². The Bertz CT molecular complexity index is 336. The zero-order chi connectivity index (χ0) is 12.5. The molecular formula is C12H21N3O2. The number of nitrogens with one attached hydrogen (secondary N) is 2. The highest BCUT2D eigenvalue weighted by molar-refractivity contribution is 5.75. The number of aromatic nitrogens is 1. The summed E-state index contributed by atoms with van der Waals surface area (Å²) in [4.78, 5) is 11.3. The van der Waals surface area contributed by atoms with Gasteiger partial charge in [-0.1, -0.05) is 0 Å². The number of hydrogen-bond donors (Lipinski definition) is 2. The lowest BCUT2D eigenvalue weighted by Crippen LogP contribution is -2.30. The Labute approximate surface area is 102 Å². The van der Waals surface area contributed by atoms with E-state index >= 15 is 0 Å². The summed E-state index contributed by atoms with van der Waals surface area (Å²) >= 11 is 0. The van der Waals surface area contributed by atoms with Crippen LogP contribution >= 0.6 is 0 Å². The molecule has 0 unspecified atom stereocenters. The molecular weight excluding hydrogens is 218 g/mol. The van der Waals surface area contributed by atoms with Crippen molar-refractivity contribution in [3.63, 3.8) is 0 Å². The molecule has 0 saturated heterocycles. The molecule has 0 aliphatic rings. The molecule has 0 aliphatic heterocycles. The van der Waals surface area contributed by atoms with Gasteiger partial charge in [0.05, 0.1) is 6.61 Å². The number of hydrogen-bond acceptors (Lipinski definition) is 3. The number of rotatable bonds is 8.